The van der Waals surface area contributed by atoms with Gasteiger partial charge in [-0.05, 0) is 52.4 Å². The van der Waals surface area contributed by atoms with Crippen molar-refractivity contribution in [1.82, 2.24) is 0 Å². The summed E-state index contributed by atoms with van der Waals surface area (Å²) in [4.78, 5) is 56.4. The molecule has 2 aliphatic heterocycles. The second-order valence-corrected chi connectivity index (χ2v) is 9.96. The van der Waals surface area contributed by atoms with Crippen molar-refractivity contribution in [3.63, 3.8) is 0 Å². The largest absolute Gasteiger partial charge is 0.495 e. The Kier molecular flexibility index (Phi) is 4.94. The molecule has 2 saturated heterocycles. The molecule has 6 rings (SSSR count). The third-order valence-corrected chi connectivity index (χ3v) is 7.76. The van der Waals surface area contributed by atoms with Crippen LogP contribution in [0.3, 0.4) is 0 Å². The van der Waals surface area contributed by atoms with E-state index in [1.165, 1.54) is 7.11 Å². The Morgan fingerprint density at radius 3 is 2.06 bits per heavy atom. The molecule has 2 amide bonds. The number of nitrogens with zero attached hydrogens (tertiary/aromatic N) is 1. The van der Waals surface area contributed by atoms with Crippen LogP contribution in [0.1, 0.15) is 32.4 Å². The highest BCUT2D eigenvalue weighted by molar-refractivity contribution is 14.1. The smallest absolute Gasteiger partial charge is 0.241 e. The second kappa shape index (κ2) is 7.82. The summed E-state index contributed by atoms with van der Waals surface area (Å²) < 4.78 is 12.7. The fourth-order valence-electron chi connectivity index (χ4n) is 5.52. The van der Waals surface area contributed by atoms with Crippen molar-refractivity contribution in [1.29, 1.82) is 0 Å². The topological polar surface area (TPSA) is 90.0 Å². The van der Waals surface area contributed by atoms with E-state index >= 15 is 0 Å². The zero-order valence-corrected chi connectivity index (χ0v) is 20.6. The van der Waals surface area contributed by atoms with Crippen LogP contribution in [0.15, 0.2) is 72.8 Å². The molecule has 2 heterocycles. The summed E-state index contributed by atoms with van der Waals surface area (Å²) in [7, 11) is 1.45. The number of ether oxygens (including phenoxy) is 2. The Morgan fingerprint density at radius 2 is 1.43 bits per heavy atom. The van der Waals surface area contributed by atoms with Crippen molar-refractivity contribution in [2.24, 2.45) is 11.8 Å². The third kappa shape index (κ3) is 2.86. The van der Waals surface area contributed by atoms with Crippen LogP contribution in [0.4, 0.5) is 5.69 Å². The van der Waals surface area contributed by atoms with E-state index in [0.29, 0.717) is 11.3 Å². The number of anilines is 1. The van der Waals surface area contributed by atoms with Crippen molar-refractivity contribution >= 4 is 51.7 Å². The lowest BCUT2D eigenvalue weighted by molar-refractivity contribution is -0.127. The SMILES string of the molecule is COc1ccccc1N1C(=O)[C@H]2[C@@H](c3ccc(I)cc3)OC3(C(=O)c4ccccc4C3=O)[C@@H]2C1=O. The second-order valence-electron chi connectivity index (χ2n) is 8.72. The quantitative estimate of drug-likeness (QED) is 0.265. The maximum atomic E-state index is 14.0. The minimum absolute atomic E-state index is 0.204. The first-order chi connectivity index (χ1) is 16.9. The third-order valence-electron chi connectivity index (χ3n) is 7.04. The van der Waals surface area contributed by atoms with Crippen molar-refractivity contribution < 1.29 is 28.7 Å². The molecule has 7 nitrogen and oxygen atoms in total. The number of Topliss-reactive ketones (excluding diaryl/α,β-unsaturated/α-hetero) is 2. The van der Waals surface area contributed by atoms with E-state index in [2.05, 4.69) is 22.6 Å². The maximum absolute atomic E-state index is 14.0. The number of hydrogen-bond donors (Lipinski definition) is 0. The number of imide groups is 1. The summed E-state index contributed by atoms with van der Waals surface area (Å²) in [6, 6.07) is 20.4. The summed E-state index contributed by atoms with van der Waals surface area (Å²) in [5, 5.41) is 0. The molecular weight excluding hydrogens is 561 g/mol. The van der Waals surface area contributed by atoms with Gasteiger partial charge in [-0.25, -0.2) is 4.90 Å². The lowest BCUT2D eigenvalue weighted by Gasteiger charge is -2.27. The van der Waals surface area contributed by atoms with Crippen molar-refractivity contribution in [3.8, 4) is 5.75 Å². The predicted molar refractivity (Wildman–Crippen MR) is 133 cm³/mol. The van der Waals surface area contributed by atoms with Crippen LogP contribution < -0.4 is 9.64 Å². The summed E-state index contributed by atoms with van der Waals surface area (Å²) in [6.07, 6.45) is -0.949. The van der Waals surface area contributed by atoms with E-state index in [1.807, 2.05) is 12.1 Å². The van der Waals surface area contributed by atoms with Gasteiger partial charge in [-0.2, -0.15) is 0 Å². The van der Waals surface area contributed by atoms with Crippen LogP contribution in [0.5, 0.6) is 5.75 Å². The molecule has 0 unspecified atom stereocenters. The number of amides is 2. The van der Waals surface area contributed by atoms with Gasteiger partial charge in [0.1, 0.15) is 5.75 Å². The molecule has 2 fully saturated rings. The molecule has 1 spiro atoms. The van der Waals surface area contributed by atoms with Gasteiger partial charge in [-0.1, -0.05) is 48.5 Å². The molecule has 1 aliphatic carbocycles. The molecule has 3 aromatic carbocycles. The molecule has 174 valence electrons. The average Bonchev–Trinajstić information content (AvgIpc) is 3.44. The van der Waals surface area contributed by atoms with E-state index in [1.54, 1.807) is 60.7 Å². The fourth-order valence-corrected chi connectivity index (χ4v) is 5.88. The van der Waals surface area contributed by atoms with Gasteiger partial charge >= 0.3 is 0 Å². The standard InChI is InChI=1S/C27H18INO6/c1-34-19-9-5-4-8-18(19)29-25(32)20-21(26(29)33)27(35-22(20)14-10-12-15(28)13-11-14)23(30)16-6-2-3-7-17(16)24(27)31/h2-13,20-22H,1H3/t20-,21+,22-/m1/s1. The van der Waals surface area contributed by atoms with E-state index < -0.39 is 46.9 Å². The highest BCUT2D eigenvalue weighted by Gasteiger charge is 2.74. The zero-order chi connectivity index (χ0) is 24.5. The number of methoxy groups -OCH3 is 1. The van der Waals surface area contributed by atoms with Gasteiger partial charge in [0, 0.05) is 14.7 Å². The number of carbonyl (C=O) groups excluding carboxylic acids is 4. The van der Waals surface area contributed by atoms with Gasteiger partial charge in [-0.15, -0.1) is 0 Å². The highest BCUT2D eigenvalue weighted by atomic mass is 127. The number of para-hydroxylation sites is 2. The van der Waals surface area contributed by atoms with E-state index in [4.69, 9.17) is 9.47 Å². The molecular formula is C27H18INO6. The minimum Gasteiger partial charge on any atom is -0.495 e. The summed E-state index contributed by atoms with van der Waals surface area (Å²) >= 11 is 2.16. The number of benzene rings is 3. The first-order valence-corrected chi connectivity index (χ1v) is 12.1. The fraction of sp³-hybridized carbons (Fsp3) is 0.185. The molecule has 3 atom stereocenters. The Balaban J connectivity index is 1.55. The Labute approximate surface area is 214 Å². The number of hydrogen-bond acceptors (Lipinski definition) is 6. The number of halogens is 1. The monoisotopic (exact) mass is 579 g/mol. The number of ketones is 2. The number of fused-ring (bicyclic) bond motifs is 3. The van der Waals surface area contributed by atoms with E-state index in [-0.39, 0.29) is 16.8 Å². The Bertz CT molecular complexity index is 1400. The van der Waals surface area contributed by atoms with Crippen LogP contribution in [0.25, 0.3) is 0 Å². The average molecular weight is 579 g/mol. The first kappa shape index (κ1) is 22.1. The summed E-state index contributed by atoms with van der Waals surface area (Å²) in [5.41, 5.74) is -0.792. The molecule has 0 radical (unpaired) electrons. The van der Waals surface area contributed by atoms with Gasteiger partial charge in [-0.3, -0.25) is 19.2 Å². The van der Waals surface area contributed by atoms with Gasteiger partial charge in [0.15, 0.2) is 0 Å². The van der Waals surface area contributed by atoms with E-state index in [0.717, 1.165) is 8.47 Å². The molecule has 3 aromatic rings. The Hall–Kier alpha value is -3.37. The lowest BCUT2D eigenvalue weighted by atomic mass is 9.77. The molecule has 3 aliphatic rings. The first-order valence-electron chi connectivity index (χ1n) is 11.0. The van der Waals surface area contributed by atoms with Crippen molar-refractivity contribution in [3.05, 3.63) is 93.1 Å². The number of rotatable bonds is 3. The van der Waals surface area contributed by atoms with Gasteiger partial charge in [0.2, 0.25) is 29.0 Å². The minimum atomic E-state index is -2.09. The van der Waals surface area contributed by atoms with Crippen LogP contribution in [0.2, 0.25) is 0 Å². The Morgan fingerprint density at radius 1 is 0.829 bits per heavy atom. The lowest BCUT2D eigenvalue weighted by Crippen LogP contribution is -2.51. The maximum Gasteiger partial charge on any atom is 0.241 e. The summed E-state index contributed by atoms with van der Waals surface area (Å²) in [6.45, 7) is 0. The van der Waals surface area contributed by atoms with Crippen LogP contribution in [-0.4, -0.2) is 36.1 Å². The van der Waals surface area contributed by atoms with Crippen LogP contribution in [-0.2, 0) is 14.3 Å². The summed E-state index contributed by atoms with van der Waals surface area (Å²) in [5.74, 6) is -4.34. The molecule has 8 heteroatoms. The molecule has 35 heavy (non-hydrogen) atoms. The zero-order valence-electron chi connectivity index (χ0n) is 18.4. The predicted octanol–water partition coefficient (Wildman–Crippen LogP) is 3.99. The van der Waals surface area contributed by atoms with Crippen molar-refractivity contribution in [2.45, 2.75) is 11.7 Å². The molecule has 0 saturated carbocycles. The van der Waals surface area contributed by atoms with Crippen LogP contribution >= 0.6 is 22.6 Å². The van der Waals surface area contributed by atoms with Gasteiger partial charge in [0.25, 0.3) is 0 Å². The molecule has 0 N–H and O–H groups in total. The van der Waals surface area contributed by atoms with Crippen molar-refractivity contribution in [2.75, 3.05) is 12.0 Å². The van der Waals surface area contributed by atoms with Crippen LogP contribution in [0, 0.1) is 15.4 Å². The molecule has 0 bridgehead atoms. The highest BCUT2D eigenvalue weighted by Crippen LogP contribution is 2.58. The number of carbonyl (C=O) groups is 4. The van der Waals surface area contributed by atoms with Gasteiger partial charge < -0.3 is 9.47 Å². The normalized spacial score (nSPS) is 24.3. The molecule has 0 aromatic heterocycles. The van der Waals surface area contributed by atoms with E-state index in [9.17, 15) is 19.2 Å². The van der Waals surface area contributed by atoms with Gasteiger partial charge in [0.05, 0.1) is 30.7 Å².